The molecule has 0 saturated carbocycles. The van der Waals surface area contributed by atoms with Crippen molar-refractivity contribution in [3.8, 4) is 0 Å². The normalized spacial score (nSPS) is 17.7. The van der Waals surface area contributed by atoms with Gasteiger partial charge < -0.3 is 15.4 Å². The summed E-state index contributed by atoms with van der Waals surface area (Å²) in [4.78, 5) is 36.5. The smallest absolute Gasteiger partial charge is 0.340 e. The van der Waals surface area contributed by atoms with E-state index in [0.717, 1.165) is 12.1 Å². The lowest BCUT2D eigenvalue weighted by Gasteiger charge is -2.31. The van der Waals surface area contributed by atoms with Crippen LogP contribution in [0, 0.1) is 11.7 Å². The van der Waals surface area contributed by atoms with Crippen LogP contribution in [0.1, 0.15) is 23.2 Å². The molecular formula is C15H16ClFN2O4. The summed E-state index contributed by atoms with van der Waals surface area (Å²) in [7, 11) is 0. The number of ether oxygens (including phenoxy) is 1. The standard InChI is InChI=1S/C15H16ClFN2O4/c16-12-6-10(17)3-4-11(12)15(22)23-8-13(20)19-5-1-2-9(7-19)14(18)21/h3-4,6,9H,1-2,5,7-8H2,(H2,18,21)/t9-/m0/s1. The van der Waals surface area contributed by atoms with Crippen molar-refractivity contribution < 1.29 is 23.5 Å². The van der Waals surface area contributed by atoms with Crippen molar-refractivity contribution in [1.29, 1.82) is 0 Å². The number of rotatable bonds is 4. The Morgan fingerprint density at radius 2 is 2.13 bits per heavy atom. The lowest BCUT2D eigenvalue weighted by atomic mass is 9.97. The van der Waals surface area contributed by atoms with Gasteiger partial charge in [0.25, 0.3) is 5.91 Å². The molecule has 0 aromatic heterocycles. The van der Waals surface area contributed by atoms with Gasteiger partial charge in [0.15, 0.2) is 6.61 Å². The molecule has 0 radical (unpaired) electrons. The number of nitrogens with two attached hydrogens (primary N) is 1. The number of likely N-dealkylation sites (tertiary alicyclic amines) is 1. The van der Waals surface area contributed by atoms with Crippen molar-refractivity contribution >= 4 is 29.4 Å². The van der Waals surface area contributed by atoms with Gasteiger partial charge in [-0.2, -0.15) is 0 Å². The summed E-state index contributed by atoms with van der Waals surface area (Å²) >= 11 is 5.75. The summed E-state index contributed by atoms with van der Waals surface area (Å²) in [6.45, 7) is 0.235. The third-order valence-corrected chi connectivity index (χ3v) is 3.97. The first-order chi connectivity index (χ1) is 10.9. The number of carbonyl (C=O) groups excluding carboxylic acids is 3. The number of nitrogens with zero attached hydrogens (tertiary/aromatic N) is 1. The molecule has 0 unspecified atom stereocenters. The molecule has 1 aliphatic heterocycles. The average molecular weight is 343 g/mol. The van der Waals surface area contributed by atoms with Gasteiger partial charge in [-0.25, -0.2) is 9.18 Å². The Morgan fingerprint density at radius 1 is 1.39 bits per heavy atom. The van der Waals surface area contributed by atoms with Crippen molar-refractivity contribution in [1.82, 2.24) is 4.90 Å². The summed E-state index contributed by atoms with van der Waals surface area (Å²) in [5, 5.41) is -0.0887. The van der Waals surface area contributed by atoms with Crippen LogP contribution in [-0.2, 0) is 14.3 Å². The van der Waals surface area contributed by atoms with E-state index in [4.69, 9.17) is 22.1 Å². The largest absolute Gasteiger partial charge is 0.452 e. The maximum absolute atomic E-state index is 12.9. The SMILES string of the molecule is NC(=O)[C@H]1CCCN(C(=O)COC(=O)c2ccc(F)cc2Cl)C1. The first-order valence-corrected chi connectivity index (χ1v) is 7.45. The van der Waals surface area contributed by atoms with Crippen molar-refractivity contribution in [3.63, 3.8) is 0 Å². The molecule has 1 aromatic rings. The highest BCUT2D eigenvalue weighted by Gasteiger charge is 2.27. The van der Waals surface area contributed by atoms with Crippen LogP contribution in [0.15, 0.2) is 18.2 Å². The molecule has 1 atom stereocenters. The van der Waals surface area contributed by atoms with Crippen LogP contribution in [0.2, 0.25) is 5.02 Å². The fourth-order valence-electron chi connectivity index (χ4n) is 2.39. The van der Waals surface area contributed by atoms with Crippen LogP contribution in [0.4, 0.5) is 4.39 Å². The highest BCUT2D eigenvalue weighted by molar-refractivity contribution is 6.33. The fraction of sp³-hybridized carbons (Fsp3) is 0.400. The maximum Gasteiger partial charge on any atom is 0.340 e. The number of amides is 2. The Bertz CT molecular complexity index is 638. The second-order valence-electron chi connectivity index (χ2n) is 5.28. The molecule has 2 N–H and O–H groups in total. The average Bonchev–Trinajstić information content (AvgIpc) is 2.52. The molecule has 124 valence electrons. The van der Waals surface area contributed by atoms with Gasteiger partial charge in [0.05, 0.1) is 16.5 Å². The van der Waals surface area contributed by atoms with Crippen LogP contribution in [-0.4, -0.2) is 42.4 Å². The molecule has 1 aromatic carbocycles. The Balaban J connectivity index is 1.91. The molecule has 2 amide bonds. The number of hydrogen-bond acceptors (Lipinski definition) is 4. The molecule has 1 heterocycles. The summed E-state index contributed by atoms with van der Waals surface area (Å²) < 4.78 is 17.8. The molecule has 1 saturated heterocycles. The topological polar surface area (TPSA) is 89.7 Å². The van der Waals surface area contributed by atoms with Crippen LogP contribution < -0.4 is 5.73 Å². The van der Waals surface area contributed by atoms with Gasteiger partial charge in [0, 0.05) is 13.1 Å². The van der Waals surface area contributed by atoms with Crippen LogP contribution in [0.25, 0.3) is 0 Å². The Labute approximate surface area is 137 Å². The van der Waals surface area contributed by atoms with E-state index in [-0.39, 0.29) is 23.0 Å². The number of benzene rings is 1. The molecule has 1 fully saturated rings. The van der Waals surface area contributed by atoms with E-state index in [2.05, 4.69) is 0 Å². The van der Waals surface area contributed by atoms with E-state index in [1.807, 2.05) is 0 Å². The molecule has 23 heavy (non-hydrogen) atoms. The van der Waals surface area contributed by atoms with Gasteiger partial charge in [-0.3, -0.25) is 9.59 Å². The summed E-state index contributed by atoms with van der Waals surface area (Å²) in [5.41, 5.74) is 5.23. The summed E-state index contributed by atoms with van der Waals surface area (Å²) in [6.07, 6.45) is 1.31. The second kappa shape index (κ2) is 7.41. The molecule has 8 heteroatoms. The van der Waals surface area contributed by atoms with Crippen molar-refractivity contribution in [2.45, 2.75) is 12.8 Å². The maximum atomic E-state index is 12.9. The minimum Gasteiger partial charge on any atom is -0.452 e. The molecule has 6 nitrogen and oxygen atoms in total. The van der Waals surface area contributed by atoms with E-state index in [1.54, 1.807) is 0 Å². The highest BCUT2D eigenvalue weighted by atomic mass is 35.5. The number of hydrogen-bond donors (Lipinski definition) is 1. The Kier molecular flexibility index (Phi) is 5.54. The Hall–Kier alpha value is -2.15. The number of primary amides is 1. The molecule has 0 bridgehead atoms. The molecule has 0 spiro atoms. The third-order valence-electron chi connectivity index (χ3n) is 3.65. The second-order valence-corrected chi connectivity index (χ2v) is 5.69. The van der Waals surface area contributed by atoms with Crippen molar-refractivity contribution in [3.05, 3.63) is 34.6 Å². The molecule has 2 rings (SSSR count). The van der Waals surface area contributed by atoms with Crippen molar-refractivity contribution in [2.24, 2.45) is 11.7 Å². The van der Waals surface area contributed by atoms with E-state index < -0.39 is 30.2 Å². The van der Waals surface area contributed by atoms with E-state index in [1.165, 1.54) is 11.0 Å². The lowest BCUT2D eigenvalue weighted by Crippen LogP contribution is -2.45. The number of carbonyl (C=O) groups is 3. The predicted molar refractivity (Wildman–Crippen MR) is 80.2 cm³/mol. The van der Waals surface area contributed by atoms with Gasteiger partial charge in [0.1, 0.15) is 5.82 Å². The van der Waals surface area contributed by atoms with E-state index in [0.29, 0.717) is 19.4 Å². The van der Waals surface area contributed by atoms with E-state index >= 15 is 0 Å². The van der Waals surface area contributed by atoms with Crippen LogP contribution >= 0.6 is 11.6 Å². The number of piperidine rings is 1. The first-order valence-electron chi connectivity index (χ1n) is 7.07. The monoisotopic (exact) mass is 342 g/mol. The van der Waals surface area contributed by atoms with Crippen LogP contribution in [0.5, 0.6) is 0 Å². The van der Waals surface area contributed by atoms with Gasteiger partial charge in [-0.1, -0.05) is 11.6 Å². The van der Waals surface area contributed by atoms with Crippen molar-refractivity contribution in [2.75, 3.05) is 19.7 Å². The number of halogens is 2. The quantitative estimate of drug-likeness (QED) is 0.837. The first kappa shape index (κ1) is 17.2. The zero-order chi connectivity index (χ0) is 17.0. The zero-order valence-corrected chi connectivity index (χ0v) is 13.0. The third kappa shape index (κ3) is 4.41. The summed E-state index contributed by atoms with van der Waals surface area (Å²) in [5.74, 6) is -2.63. The minimum atomic E-state index is -0.813. The predicted octanol–water partition coefficient (Wildman–Crippen LogP) is 1.36. The molecule has 1 aliphatic rings. The summed E-state index contributed by atoms with van der Waals surface area (Å²) in [6, 6.07) is 3.25. The van der Waals surface area contributed by atoms with Gasteiger partial charge in [-0.15, -0.1) is 0 Å². The molecular weight excluding hydrogens is 327 g/mol. The molecule has 0 aliphatic carbocycles. The van der Waals surface area contributed by atoms with Gasteiger partial charge in [0.2, 0.25) is 5.91 Å². The van der Waals surface area contributed by atoms with Gasteiger partial charge in [-0.05, 0) is 31.0 Å². The highest BCUT2D eigenvalue weighted by Crippen LogP contribution is 2.19. The van der Waals surface area contributed by atoms with Crippen LogP contribution in [0.3, 0.4) is 0 Å². The van der Waals surface area contributed by atoms with E-state index in [9.17, 15) is 18.8 Å². The Morgan fingerprint density at radius 3 is 2.78 bits per heavy atom. The number of esters is 1. The fourth-order valence-corrected chi connectivity index (χ4v) is 2.63. The lowest BCUT2D eigenvalue weighted by molar-refractivity contribution is -0.137. The minimum absolute atomic E-state index is 0.0190. The van der Waals surface area contributed by atoms with Gasteiger partial charge >= 0.3 is 5.97 Å². The zero-order valence-electron chi connectivity index (χ0n) is 12.3.